The van der Waals surface area contributed by atoms with Gasteiger partial charge in [-0.05, 0) is 24.3 Å². The number of halogens is 1. The molecule has 0 saturated carbocycles. The van der Waals surface area contributed by atoms with Crippen LogP contribution < -0.4 is 19.5 Å². The van der Waals surface area contributed by atoms with Crippen molar-refractivity contribution in [3.8, 4) is 17.2 Å². The van der Waals surface area contributed by atoms with Gasteiger partial charge in [0.15, 0.2) is 18.1 Å². The molecule has 0 saturated heterocycles. The molecule has 2 rings (SSSR count). The first-order valence-electron chi connectivity index (χ1n) is 8.01. The number of ether oxygens (including phenoxy) is 3. The number of methoxy groups -OCH3 is 2. The fraction of sp³-hybridized carbons (Fsp3) is 0.263. The van der Waals surface area contributed by atoms with Crippen LogP contribution in [-0.4, -0.2) is 51.6 Å². The first kappa shape index (κ1) is 20.4. The van der Waals surface area contributed by atoms with E-state index in [0.717, 1.165) is 0 Å². The van der Waals surface area contributed by atoms with Crippen molar-refractivity contribution in [1.29, 1.82) is 0 Å². The fourth-order valence-corrected chi connectivity index (χ4v) is 2.47. The Morgan fingerprint density at radius 3 is 2.33 bits per heavy atom. The Morgan fingerprint density at radius 1 is 1.07 bits per heavy atom. The number of hydrogen-bond acceptors (Lipinski definition) is 5. The molecule has 1 N–H and O–H groups in total. The van der Waals surface area contributed by atoms with Gasteiger partial charge in [-0.2, -0.15) is 0 Å². The molecule has 0 heterocycles. The van der Waals surface area contributed by atoms with E-state index in [-0.39, 0.29) is 18.1 Å². The van der Waals surface area contributed by atoms with Crippen LogP contribution in [0.25, 0.3) is 0 Å². The number of carbonyl (C=O) groups is 2. The fourth-order valence-electron chi connectivity index (χ4n) is 2.29. The van der Waals surface area contributed by atoms with Crippen molar-refractivity contribution < 1.29 is 23.8 Å². The lowest BCUT2D eigenvalue weighted by Gasteiger charge is -2.18. The lowest BCUT2D eigenvalue weighted by atomic mass is 10.1. The molecule has 8 heteroatoms. The van der Waals surface area contributed by atoms with E-state index in [1.54, 1.807) is 38.4 Å². The van der Waals surface area contributed by atoms with Gasteiger partial charge in [0, 0.05) is 25.2 Å². The van der Waals surface area contributed by atoms with Crippen molar-refractivity contribution in [3.05, 3.63) is 47.0 Å². The van der Waals surface area contributed by atoms with Crippen LogP contribution in [0.5, 0.6) is 17.2 Å². The average Bonchev–Trinajstić information content (AvgIpc) is 2.65. The summed E-state index contributed by atoms with van der Waals surface area (Å²) in [5.41, 5.74) is 0.569. The van der Waals surface area contributed by atoms with E-state index in [1.165, 1.54) is 31.3 Å². The van der Waals surface area contributed by atoms with Gasteiger partial charge in [-0.1, -0.05) is 17.7 Å². The van der Waals surface area contributed by atoms with E-state index in [2.05, 4.69) is 5.32 Å². The monoisotopic (exact) mass is 392 g/mol. The molecule has 2 aromatic carbocycles. The molecule has 0 spiro atoms. The second-order valence-electron chi connectivity index (χ2n) is 5.75. The summed E-state index contributed by atoms with van der Waals surface area (Å²) in [5, 5.41) is 3.18. The van der Waals surface area contributed by atoms with Gasteiger partial charge < -0.3 is 24.4 Å². The van der Waals surface area contributed by atoms with Crippen molar-refractivity contribution in [2.24, 2.45) is 0 Å². The van der Waals surface area contributed by atoms with E-state index in [4.69, 9.17) is 25.8 Å². The number of anilines is 1. The predicted octanol–water partition coefficient (Wildman–Crippen LogP) is 3.08. The van der Waals surface area contributed by atoms with Crippen LogP contribution in [0.15, 0.2) is 36.4 Å². The highest BCUT2D eigenvalue weighted by atomic mass is 35.5. The minimum Gasteiger partial charge on any atom is -0.493 e. The average molecular weight is 393 g/mol. The maximum absolute atomic E-state index is 12.5. The maximum Gasteiger partial charge on any atom is 0.262 e. The maximum atomic E-state index is 12.5. The largest absolute Gasteiger partial charge is 0.493 e. The Bertz CT molecular complexity index is 839. The number of rotatable bonds is 7. The van der Waals surface area contributed by atoms with Gasteiger partial charge in [0.2, 0.25) is 0 Å². The van der Waals surface area contributed by atoms with Crippen molar-refractivity contribution in [3.63, 3.8) is 0 Å². The zero-order chi connectivity index (χ0) is 20.0. The predicted molar refractivity (Wildman–Crippen MR) is 103 cm³/mol. The van der Waals surface area contributed by atoms with Crippen LogP contribution in [0.4, 0.5) is 5.69 Å². The highest BCUT2D eigenvalue weighted by Crippen LogP contribution is 2.34. The van der Waals surface area contributed by atoms with Gasteiger partial charge in [0.25, 0.3) is 11.8 Å². The molecule has 0 aliphatic heterocycles. The lowest BCUT2D eigenvalue weighted by molar-refractivity contribution is -0.118. The van der Waals surface area contributed by atoms with E-state index < -0.39 is 5.91 Å². The molecule has 0 bridgehead atoms. The van der Waals surface area contributed by atoms with Gasteiger partial charge in [0.05, 0.1) is 25.5 Å². The third-order valence-electron chi connectivity index (χ3n) is 3.60. The summed E-state index contributed by atoms with van der Waals surface area (Å²) in [5.74, 6) is 0.515. The number of nitrogens with one attached hydrogen (secondary N) is 1. The molecule has 7 nitrogen and oxygen atoms in total. The first-order chi connectivity index (χ1) is 12.8. The van der Waals surface area contributed by atoms with Crippen LogP contribution in [0.1, 0.15) is 10.4 Å². The first-order valence-corrected chi connectivity index (χ1v) is 8.39. The number of carbonyl (C=O) groups excluding carboxylic acids is 2. The van der Waals surface area contributed by atoms with Crippen LogP contribution >= 0.6 is 11.6 Å². The molecule has 0 atom stereocenters. The number of benzene rings is 2. The zero-order valence-corrected chi connectivity index (χ0v) is 16.3. The highest BCUT2D eigenvalue weighted by molar-refractivity contribution is 6.30. The molecular weight excluding hydrogens is 372 g/mol. The van der Waals surface area contributed by atoms with Crippen LogP contribution in [-0.2, 0) is 4.79 Å². The minimum absolute atomic E-state index is 0.246. The molecule has 0 aliphatic rings. The smallest absolute Gasteiger partial charge is 0.262 e. The zero-order valence-electron chi connectivity index (χ0n) is 15.5. The van der Waals surface area contributed by atoms with Gasteiger partial charge in [-0.15, -0.1) is 0 Å². The normalized spacial score (nSPS) is 10.1. The summed E-state index contributed by atoms with van der Waals surface area (Å²) in [6.07, 6.45) is 0. The summed E-state index contributed by atoms with van der Waals surface area (Å²) in [7, 11) is 6.18. The second kappa shape index (κ2) is 9.14. The van der Waals surface area contributed by atoms with Crippen LogP contribution in [0, 0.1) is 0 Å². The lowest BCUT2D eigenvalue weighted by Crippen LogP contribution is -2.26. The number of nitrogens with zero attached hydrogens (tertiary/aromatic N) is 1. The van der Waals surface area contributed by atoms with Crippen molar-refractivity contribution in [2.75, 3.05) is 40.2 Å². The molecule has 0 fully saturated rings. The van der Waals surface area contributed by atoms with Crippen molar-refractivity contribution in [1.82, 2.24) is 4.90 Å². The summed E-state index contributed by atoms with van der Waals surface area (Å²) in [4.78, 5) is 26.2. The van der Waals surface area contributed by atoms with Gasteiger partial charge in [-0.3, -0.25) is 9.59 Å². The Kier molecular flexibility index (Phi) is 6.90. The third-order valence-corrected chi connectivity index (χ3v) is 3.84. The summed E-state index contributed by atoms with van der Waals surface area (Å²) >= 11 is 5.89. The summed E-state index contributed by atoms with van der Waals surface area (Å²) in [6.45, 7) is -0.246. The van der Waals surface area contributed by atoms with E-state index >= 15 is 0 Å². The standard InChI is InChI=1S/C19H21ClN2O5/c1-22(2)19(24)14-9-16(25-3)17(26-4)10-15(14)21-18(23)11-27-13-7-5-6-12(20)8-13/h5-10H,11H2,1-4H3,(H,21,23). The van der Waals surface area contributed by atoms with E-state index in [9.17, 15) is 9.59 Å². The Morgan fingerprint density at radius 2 is 1.74 bits per heavy atom. The molecule has 0 radical (unpaired) electrons. The highest BCUT2D eigenvalue weighted by Gasteiger charge is 2.20. The Labute approximate surface area is 162 Å². The van der Waals surface area contributed by atoms with Gasteiger partial charge >= 0.3 is 0 Å². The van der Waals surface area contributed by atoms with Gasteiger partial charge in [-0.25, -0.2) is 0 Å². The van der Waals surface area contributed by atoms with E-state index in [1.807, 2.05) is 0 Å². The number of hydrogen-bond donors (Lipinski definition) is 1. The van der Waals surface area contributed by atoms with Crippen molar-refractivity contribution >= 4 is 29.1 Å². The Hall–Kier alpha value is -2.93. The number of amides is 2. The minimum atomic E-state index is -0.435. The van der Waals surface area contributed by atoms with Crippen LogP contribution in [0.3, 0.4) is 0 Å². The third kappa shape index (κ3) is 5.27. The summed E-state index contributed by atoms with van der Waals surface area (Å²) in [6, 6.07) is 9.78. The molecule has 0 aliphatic carbocycles. The molecular formula is C19H21ClN2O5. The second-order valence-corrected chi connectivity index (χ2v) is 6.18. The van der Waals surface area contributed by atoms with Crippen LogP contribution in [0.2, 0.25) is 5.02 Å². The molecule has 2 aromatic rings. The quantitative estimate of drug-likeness (QED) is 0.783. The molecule has 27 heavy (non-hydrogen) atoms. The molecule has 0 aromatic heterocycles. The topological polar surface area (TPSA) is 77.1 Å². The van der Waals surface area contributed by atoms with E-state index in [0.29, 0.717) is 28.0 Å². The summed E-state index contributed by atoms with van der Waals surface area (Å²) < 4.78 is 15.9. The molecule has 0 unspecified atom stereocenters. The molecule has 144 valence electrons. The van der Waals surface area contributed by atoms with Gasteiger partial charge in [0.1, 0.15) is 5.75 Å². The van der Waals surface area contributed by atoms with Crippen molar-refractivity contribution in [2.45, 2.75) is 0 Å². The Balaban J connectivity index is 2.22. The SMILES string of the molecule is COc1cc(NC(=O)COc2cccc(Cl)c2)c(C(=O)N(C)C)cc1OC. The molecule has 2 amide bonds.